The van der Waals surface area contributed by atoms with Gasteiger partial charge in [-0.2, -0.15) is 5.10 Å². The van der Waals surface area contributed by atoms with E-state index in [0.29, 0.717) is 11.5 Å². The number of imidazole rings is 1. The van der Waals surface area contributed by atoms with Gasteiger partial charge in [0.1, 0.15) is 5.01 Å². The van der Waals surface area contributed by atoms with Crippen LogP contribution in [0.1, 0.15) is 65.0 Å². The molecule has 4 aromatic heterocycles. The largest absolute Gasteiger partial charge is 0.343 e. The number of fused-ring (bicyclic) bond motifs is 1. The average molecular weight is 537 g/mol. The van der Waals surface area contributed by atoms with E-state index in [1.807, 2.05) is 55.4 Å². The lowest BCUT2D eigenvalue weighted by molar-refractivity contribution is 0.0940. The smallest absolute Gasteiger partial charge is 0.255 e. The highest BCUT2D eigenvalue weighted by Crippen LogP contribution is 2.54. The topological polar surface area (TPSA) is 103 Å². The summed E-state index contributed by atoms with van der Waals surface area (Å²) in [6.07, 6.45) is 11.0. The number of nitrogens with one attached hydrogen (secondary N) is 1. The third-order valence-electron chi connectivity index (χ3n) is 7.19. The Labute approximate surface area is 230 Å². The molecule has 0 bridgehead atoms. The van der Waals surface area contributed by atoms with Crippen LogP contribution >= 0.6 is 11.3 Å². The maximum atomic E-state index is 12.9. The molecule has 10 heteroatoms. The summed E-state index contributed by atoms with van der Waals surface area (Å²) >= 11 is 1.54. The second-order valence-electron chi connectivity index (χ2n) is 9.93. The number of benzene rings is 1. The molecule has 1 aliphatic rings. The van der Waals surface area contributed by atoms with Gasteiger partial charge in [-0.1, -0.05) is 12.1 Å². The third kappa shape index (κ3) is 4.57. The first-order valence-electron chi connectivity index (χ1n) is 12.7. The molecule has 1 atom stereocenters. The normalized spacial score (nSPS) is 15.3. The van der Waals surface area contributed by atoms with E-state index in [9.17, 15) is 4.79 Å². The second kappa shape index (κ2) is 9.70. The molecule has 1 saturated carbocycles. The first-order chi connectivity index (χ1) is 18.9. The van der Waals surface area contributed by atoms with Gasteiger partial charge in [0, 0.05) is 40.5 Å². The van der Waals surface area contributed by atoms with Gasteiger partial charge >= 0.3 is 0 Å². The Kier molecular flexibility index (Phi) is 6.19. The lowest BCUT2D eigenvalue weighted by Crippen LogP contribution is -2.26. The first-order valence-corrected chi connectivity index (χ1v) is 13.6. The molecule has 6 rings (SSSR count). The Morgan fingerprint density at radius 3 is 2.85 bits per heavy atom. The fraction of sp³-hybridized carbons (Fsp3) is 0.241. The highest BCUT2D eigenvalue weighted by Gasteiger charge is 2.48. The van der Waals surface area contributed by atoms with Gasteiger partial charge in [-0.25, -0.2) is 19.6 Å². The second-order valence-corrected chi connectivity index (χ2v) is 10.8. The van der Waals surface area contributed by atoms with E-state index < -0.39 is 0 Å². The number of rotatable bonds is 8. The number of pyridine rings is 1. The van der Waals surface area contributed by atoms with Crippen molar-refractivity contribution in [3.05, 3.63) is 88.0 Å². The molecule has 196 valence electrons. The zero-order valence-electron chi connectivity index (χ0n) is 22.0. The average Bonchev–Trinajstić information content (AvgIpc) is 3.26. The van der Waals surface area contributed by atoms with Crippen molar-refractivity contribution in [1.82, 2.24) is 34.6 Å². The van der Waals surface area contributed by atoms with Gasteiger partial charge < -0.3 is 5.32 Å². The predicted octanol–water partition coefficient (Wildman–Crippen LogP) is 5.77. The fourth-order valence-corrected chi connectivity index (χ4v) is 5.74. The molecule has 1 fully saturated rings. The lowest BCUT2D eigenvalue weighted by atomic mass is 9.91. The molecule has 39 heavy (non-hydrogen) atoms. The number of nitrogens with zero attached hydrogens (tertiary/aromatic N) is 7. The van der Waals surface area contributed by atoms with Gasteiger partial charge in [0.2, 0.25) is 5.95 Å². The van der Waals surface area contributed by atoms with Crippen molar-refractivity contribution in [2.75, 3.05) is 0 Å². The molecular formula is C29H28N8OS. The van der Waals surface area contributed by atoms with E-state index in [4.69, 9.17) is 0 Å². The van der Waals surface area contributed by atoms with Crippen LogP contribution in [0.5, 0.6) is 0 Å². The fourth-order valence-electron chi connectivity index (χ4n) is 4.93. The number of hydrogen-bond donors (Lipinski definition) is 1. The molecule has 1 aliphatic carbocycles. The Hall–Kier alpha value is -4.44. The summed E-state index contributed by atoms with van der Waals surface area (Å²) in [4.78, 5) is 30.5. The van der Waals surface area contributed by atoms with Gasteiger partial charge in [0.05, 0.1) is 40.9 Å². The molecule has 4 heterocycles. The maximum Gasteiger partial charge on any atom is 0.255 e. The molecular weight excluding hydrogens is 508 g/mol. The van der Waals surface area contributed by atoms with Crippen LogP contribution in [0.4, 0.5) is 5.95 Å². The Balaban J connectivity index is 1.28. The minimum Gasteiger partial charge on any atom is -0.343 e. The van der Waals surface area contributed by atoms with Crippen LogP contribution < -0.4 is 5.32 Å². The van der Waals surface area contributed by atoms with Crippen molar-refractivity contribution in [3.8, 4) is 0 Å². The maximum absolute atomic E-state index is 12.9. The van der Waals surface area contributed by atoms with Crippen LogP contribution in [-0.4, -0.2) is 41.9 Å². The summed E-state index contributed by atoms with van der Waals surface area (Å²) in [6, 6.07) is 10.3. The molecule has 0 saturated heterocycles. The van der Waals surface area contributed by atoms with E-state index in [1.165, 1.54) is 16.9 Å². The van der Waals surface area contributed by atoms with Crippen LogP contribution in [0.25, 0.3) is 22.8 Å². The number of allylic oxidation sites excluding steroid dienone is 1. The van der Waals surface area contributed by atoms with Gasteiger partial charge in [0.15, 0.2) is 0 Å². The zero-order chi connectivity index (χ0) is 27.1. The minimum atomic E-state index is -0.200. The lowest BCUT2D eigenvalue weighted by Gasteiger charge is -2.18. The summed E-state index contributed by atoms with van der Waals surface area (Å²) in [6.45, 7) is 9.54. The van der Waals surface area contributed by atoms with Crippen molar-refractivity contribution in [2.45, 2.75) is 45.1 Å². The highest BCUT2D eigenvalue weighted by atomic mass is 32.1. The number of hydrogen-bond acceptors (Lipinski definition) is 7. The van der Waals surface area contributed by atoms with Gasteiger partial charge in [0.25, 0.3) is 5.91 Å². The summed E-state index contributed by atoms with van der Waals surface area (Å²) in [5, 5.41) is 11.4. The summed E-state index contributed by atoms with van der Waals surface area (Å²) in [5.41, 5.74) is 5.32. The van der Waals surface area contributed by atoms with Crippen LogP contribution in [-0.2, 0) is 5.41 Å². The van der Waals surface area contributed by atoms with Crippen molar-refractivity contribution in [3.63, 3.8) is 0 Å². The minimum absolute atomic E-state index is 0.157. The van der Waals surface area contributed by atoms with E-state index in [0.717, 1.165) is 45.8 Å². The van der Waals surface area contributed by atoms with E-state index in [1.54, 1.807) is 17.1 Å². The zero-order valence-corrected chi connectivity index (χ0v) is 22.8. The number of carbonyl (C=O) groups is 1. The predicted molar refractivity (Wildman–Crippen MR) is 154 cm³/mol. The van der Waals surface area contributed by atoms with Crippen molar-refractivity contribution in [1.29, 1.82) is 0 Å². The van der Waals surface area contributed by atoms with Gasteiger partial charge in [-0.3, -0.25) is 14.3 Å². The van der Waals surface area contributed by atoms with Crippen LogP contribution in [0.3, 0.4) is 0 Å². The summed E-state index contributed by atoms with van der Waals surface area (Å²) < 4.78 is 3.67. The number of aromatic nitrogens is 6. The number of amides is 1. The summed E-state index contributed by atoms with van der Waals surface area (Å²) in [7, 11) is 0. The van der Waals surface area contributed by atoms with Crippen LogP contribution in [0.15, 0.2) is 65.5 Å². The van der Waals surface area contributed by atoms with Crippen LogP contribution in [0, 0.1) is 6.92 Å². The quantitative estimate of drug-likeness (QED) is 0.254. The molecule has 1 N–H and O–H groups in total. The molecule has 0 aliphatic heterocycles. The molecule has 1 amide bonds. The molecule has 1 unspecified atom stereocenters. The van der Waals surface area contributed by atoms with Crippen molar-refractivity contribution >= 4 is 52.7 Å². The first kappa shape index (κ1) is 24.9. The number of carbonyl (C=O) groups excluding carboxylic acids is 1. The molecule has 9 nitrogen and oxygen atoms in total. The Bertz CT molecular complexity index is 1740. The standard InChI is InChI=1S/C29H28N8OS/c1-18-17-39-27(34-18)20(3)35-26(38)22-13-33-37(16-22)19(2)15-36-25(14-32-28(36)30-4)29(9-10-29)23-7-8-24-21(12-23)6-5-11-31-24/h5-8,11-17,20H,4,9-10H2,1-3H3,(H,35,38)/b19-15+. The van der Waals surface area contributed by atoms with Crippen LogP contribution in [0.2, 0.25) is 0 Å². The Morgan fingerprint density at radius 2 is 2.10 bits per heavy atom. The highest BCUT2D eigenvalue weighted by molar-refractivity contribution is 7.09. The molecule has 5 aromatic rings. The number of aryl methyl sites for hydroxylation is 1. The SMILES string of the molecule is C=Nc1ncc(C2(c3ccc4ncccc4c3)CC2)n1/C=C(\C)n1cc(C(=O)NC(C)c2nc(C)cs2)cn1. The van der Waals surface area contributed by atoms with E-state index >= 15 is 0 Å². The number of thiazole rings is 1. The van der Waals surface area contributed by atoms with Gasteiger partial charge in [-0.15, -0.1) is 11.3 Å². The van der Waals surface area contributed by atoms with E-state index in [2.05, 4.69) is 61.3 Å². The van der Waals surface area contributed by atoms with Gasteiger partial charge in [-0.05, 0) is 64.1 Å². The van der Waals surface area contributed by atoms with Crippen molar-refractivity contribution < 1.29 is 4.79 Å². The molecule has 0 radical (unpaired) electrons. The summed E-state index contributed by atoms with van der Waals surface area (Å²) in [5.74, 6) is 0.310. The molecule has 0 spiro atoms. The molecule has 1 aromatic carbocycles. The monoisotopic (exact) mass is 536 g/mol. The van der Waals surface area contributed by atoms with E-state index in [-0.39, 0.29) is 17.4 Å². The third-order valence-corrected chi connectivity index (χ3v) is 8.34. The number of aliphatic imine (C=N–C) groups is 1. The Morgan fingerprint density at radius 1 is 1.26 bits per heavy atom. The van der Waals surface area contributed by atoms with Crippen molar-refractivity contribution in [2.24, 2.45) is 4.99 Å².